The first-order valence-electron chi connectivity index (χ1n) is 10.5. The van der Waals surface area contributed by atoms with E-state index in [1.807, 2.05) is 6.92 Å². The van der Waals surface area contributed by atoms with Crippen molar-refractivity contribution in [2.75, 3.05) is 19.7 Å². The topological polar surface area (TPSA) is 72.9 Å². The molecule has 168 valence electrons. The molecule has 1 aliphatic carbocycles. The Kier molecular flexibility index (Phi) is 6.22. The number of carbonyl (C=O) groups excluding carboxylic acids is 1. The molecule has 1 heterocycles. The number of aryl methyl sites for hydroxylation is 1. The van der Waals surface area contributed by atoms with Crippen LogP contribution in [0.3, 0.4) is 0 Å². The summed E-state index contributed by atoms with van der Waals surface area (Å²) in [4.78, 5) is 14.1. The monoisotopic (exact) mass is 441 g/mol. The third-order valence-electron chi connectivity index (χ3n) is 6.19. The third-order valence-corrected chi connectivity index (χ3v) is 7.46. The smallest absolute Gasteiger partial charge is 0.410 e. The molecule has 1 saturated heterocycles. The molecule has 0 bridgehead atoms. The molecule has 1 aliphatic heterocycles. The van der Waals surface area contributed by atoms with Crippen LogP contribution in [0.1, 0.15) is 58.4 Å². The number of benzene rings is 1. The summed E-state index contributed by atoms with van der Waals surface area (Å²) in [6.45, 7) is 7.09. The van der Waals surface area contributed by atoms with Crippen molar-refractivity contribution in [2.24, 2.45) is 5.41 Å². The van der Waals surface area contributed by atoms with Gasteiger partial charge in [-0.05, 0) is 52.7 Å². The molecule has 0 N–H and O–H groups in total. The third kappa shape index (κ3) is 4.80. The number of nitrogens with zero attached hydrogens (tertiary/aromatic N) is 1. The van der Waals surface area contributed by atoms with Crippen molar-refractivity contribution < 1.29 is 26.5 Å². The Morgan fingerprint density at radius 1 is 1.13 bits per heavy atom. The number of likely N-dealkylation sites (tertiary alicyclic amines) is 1. The van der Waals surface area contributed by atoms with E-state index in [0.29, 0.717) is 12.8 Å². The fourth-order valence-electron chi connectivity index (χ4n) is 4.47. The van der Waals surface area contributed by atoms with E-state index in [0.717, 1.165) is 18.4 Å². The Labute approximate surface area is 178 Å². The van der Waals surface area contributed by atoms with Gasteiger partial charge in [-0.2, -0.15) is 8.42 Å². The molecule has 1 aromatic rings. The van der Waals surface area contributed by atoms with Crippen molar-refractivity contribution in [1.29, 1.82) is 0 Å². The van der Waals surface area contributed by atoms with E-state index in [1.54, 1.807) is 37.8 Å². The minimum absolute atomic E-state index is 0.0170. The van der Waals surface area contributed by atoms with E-state index < -0.39 is 39.5 Å². The highest BCUT2D eigenvalue weighted by Gasteiger charge is 2.58. The second kappa shape index (κ2) is 8.11. The van der Waals surface area contributed by atoms with Crippen LogP contribution in [0, 0.1) is 12.3 Å². The second-order valence-electron chi connectivity index (χ2n) is 9.63. The van der Waals surface area contributed by atoms with Crippen LogP contribution in [0.4, 0.5) is 9.18 Å². The lowest BCUT2D eigenvalue weighted by atomic mass is 9.67. The van der Waals surface area contributed by atoms with Crippen LogP contribution in [0.5, 0.6) is 0 Å². The molecule has 30 heavy (non-hydrogen) atoms. The molecule has 1 amide bonds. The molecule has 1 aromatic carbocycles. The van der Waals surface area contributed by atoms with Gasteiger partial charge in [0, 0.05) is 24.9 Å². The lowest BCUT2D eigenvalue weighted by Crippen LogP contribution is -2.60. The zero-order valence-corrected chi connectivity index (χ0v) is 19.1. The Hall–Kier alpha value is -1.67. The average Bonchev–Trinajstić information content (AvgIpc) is 3.12. The SMILES string of the molecule is Cc1ccc(S(=O)(=O)OCC2(F)CCN(C(=O)OC(C)(C)C)CC23CCCC3)cc1. The number of amides is 1. The maximum Gasteiger partial charge on any atom is 0.410 e. The first-order chi connectivity index (χ1) is 13.9. The first-order valence-corrected chi connectivity index (χ1v) is 11.9. The summed E-state index contributed by atoms with van der Waals surface area (Å²) in [5.41, 5.74) is -2.34. The highest BCUT2D eigenvalue weighted by molar-refractivity contribution is 7.86. The Bertz CT molecular complexity index is 872. The molecule has 6 nitrogen and oxygen atoms in total. The Morgan fingerprint density at radius 3 is 2.30 bits per heavy atom. The predicted octanol–water partition coefficient (Wildman–Crippen LogP) is 4.61. The molecular weight excluding hydrogens is 409 g/mol. The van der Waals surface area contributed by atoms with Gasteiger partial charge >= 0.3 is 6.09 Å². The minimum atomic E-state index is -4.06. The quantitative estimate of drug-likeness (QED) is 0.638. The fraction of sp³-hybridized carbons (Fsp3) is 0.682. The average molecular weight is 442 g/mol. The summed E-state index contributed by atoms with van der Waals surface area (Å²) in [7, 11) is -4.06. The van der Waals surface area contributed by atoms with E-state index in [1.165, 1.54) is 12.1 Å². The van der Waals surface area contributed by atoms with Crippen LogP contribution in [0.25, 0.3) is 0 Å². The molecule has 0 radical (unpaired) electrons. The van der Waals surface area contributed by atoms with Crippen molar-refractivity contribution in [1.82, 2.24) is 4.90 Å². The maximum atomic E-state index is 16.2. The van der Waals surface area contributed by atoms with Gasteiger partial charge in [0.2, 0.25) is 0 Å². The van der Waals surface area contributed by atoms with Gasteiger partial charge in [0.25, 0.3) is 10.1 Å². The summed E-state index contributed by atoms with van der Waals surface area (Å²) in [5, 5.41) is 0. The van der Waals surface area contributed by atoms with Gasteiger partial charge < -0.3 is 9.64 Å². The Balaban J connectivity index is 1.75. The van der Waals surface area contributed by atoms with E-state index in [9.17, 15) is 13.2 Å². The molecule has 2 aliphatic rings. The second-order valence-corrected chi connectivity index (χ2v) is 11.2. The fourth-order valence-corrected chi connectivity index (χ4v) is 5.42. The van der Waals surface area contributed by atoms with Crippen molar-refractivity contribution in [3.05, 3.63) is 29.8 Å². The number of halogens is 1. The standard InChI is InChI=1S/C22H32FNO5S/c1-17-7-9-18(10-8-17)30(26,27)28-16-22(23)13-14-24(19(25)29-20(2,3)4)15-21(22)11-5-6-12-21/h7-10H,5-6,11-16H2,1-4H3. The van der Waals surface area contributed by atoms with Gasteiger partial charge in [-0.3, -0.25) is 4.18 Å². The van der Waals surface area contributed by atoms with Crippen LogP contribution < -0.4 is 0 Å². The number of hydrogen-bond acceptors (Lipinski definition) is 5. The number of piperidine rings is 1. The molecule has 1 saturated carbocycles. The van der Waals surface area contributed by atoms with Crippen molar-refractivity contribution in [2.45, 2.75) is 76.0 Å². The zero-order chi connectivity index (χ0) is 22.2. The van der Waals surface area contributed by atoms with Gasteiger partial charge in [0.1, 0.15) is 17.9 Å². The number of hydrogen-bond donors (Lipinski definition) is 0. The number of alkyl halides is 1. The van der Waals surface area contributed by atoms with Crippen LogP contribution in [0.2, 0.25) is 0 Å². The molecule has 1 atom stereocenters. The van der Waals surface area contributed by atoms with Crippen molar-refractivity contribution in [3.63, 3.8) is 0 Å². The normalized spacial score (nSPS) is 24.2. The highest BCUT2D eigenvalue weighted by atomic mass is 32.2. The Morgan fingerprint density at radius 2 is 1.73 bits per heavy atom. The van der Waals surface area contributed by atoms with Crippen LogP contribution in [0.15, 0.2) is 29.2 Å². The van der Waals surface area contributed by atoms with Gasteiger partial charge in [-0.25, -0.2) is 9.18 Å². The molecule has 2 fully saturated rings. The largest absolute Gasteiger partial charge is 0.444 e. The number of ether oxygens (including phenoxy) is 1. The van der Waals surface area contributed by atoms with Gasteiger partial charge in [-0.1, -0.05) is 30.5 Å². The summed E-state index contributed by atoms with van der Waals surface area (Å²) < 4.78 is 52.1. The van der Waals surface area contributed by atoms with Crippen molar-refractivity contribution in [3.8, 4) is 0 Å². The van der Waals surface area contributed by atoms with E-state index in [4.69, 9.17) is 8.92 Å². The predicted molar refractivity (Wildman–Crippen MR) is 111 cm³/mol. The number of rotatable bonds is 4. The van der Waals surface area contributed by atoms with Gasteiger partial charge in [0.15, 0.2) is 0 Å². The van der Waals surface area contributed by atoms with Crippen LogP contribution >= 0.6 is 0 Å². The number of carbonyl (C=O) groups is 1. The lowest BCUT2D eigenvalue weighted by Gasteiger charge is -2.50. The molecule has 1 unspecified atom stereocenters. The minimum Gasteiger partial charge on any atom is -0.444 e. The van der Waals surface area contributed by atoms with Gasteiger partial charge in [-0.15, -0.1) is 0 Å². The van der Waals surface area contributed by atoms with E-state index in [2.05, 4.69) is 0 Å². The summed E-state index contributed by atoms with van der Waals surface area (Å²) in [6, 6.07) is 6.29. The zero-order valence-electron chi connectivity index (χ0n) is 18.2. The van der Waals surface area contributed by atoms with Crippen molar-refractivity contribution >= 4 is 16.2 Å². The molecule has 3 rings (SSSR count). The van der Waals surface area contributed by atoms with Gasteiger partial charge in [0.05, 0.1) is 4.90 Å². The molecule has 0 aromatic heterocycles. The summed E-state index contributed by atoms with van der Waals surface area (Å²) in [6.07, 6.45) is 2.45. The highest BCUT2D eigenvalue weighted by Crippen LogP contribution is 2.53. The van der Waals surface area contributed by atoms with Crippen LogP contribution in [-0.4, -0.2) is 50.4 Å². The van der Waals surface area contributed by atoms with E-state index >= 15 is 4.39 Å². The maximum absolute atomic E-state index is 16.2. The molecular formula is C22H32FNO5S. The lowest BCUT2D eigenvalue weighted by molar-refractivity contribution is -0.0977. The van der Waals surface area contributed by atoms with E-state index in [-0.39, 0.29) is 24.4 Å². The molecule has 8 heteroatoms. The first kappa shape index (κ1) is 23.0. The van der Waals surface area contributed by atoms with Crippen LogP contribution in [-0.2, 0) is 19.0 Å². The molecule has 1 spiro atoms. The summed E-state index contributed by atoms with van der Waals surface area (Å²) in [5.74, 6) is 0. The summed E-state index contributed by atoms with van der Waals surface area (Å²) >= 11 is 0.